The van der Waals surface area contributed by atoms with E-state index >= 15 is 0 Å². The molecule has 0 amide bonds. The number of likely N-dealkylation sites (tertiary alicyclic amines) is 1. The van der Waals surface area contributed by atoms with Crippen molar-refractivity contribution in [2.24, 2.45) is 5.92 Å². The fraction of sp³-hybridized carbons (Fsp3) is 0.333. The lowest BCUT2D eigenvalue weighted by molar-refractivity contribution is 0.157. The van der Waals surface area contributed by atoms with Crippen molar-refractivity contribution in [3.05, 3.63) is 126 Å². The van der Waals surface area contributed by atoms with E-state index in [0.29, 0.717) is 11.8 Å². The molecule has 194 valence electrons. The maximum Gasteiger partial charge on any atom is 0.0948 e. The number of nitriles is 1. The van der Waals surface area contributed by atoms with Gasteiger partial charge in [-0.1, -0.05) is 91.0 Å². The largest absolute Gasteiger partial charge is 0.347 e. The lowest BCUT2D eigenvalue weighted by atomic mass is 9.78. The first-order valence-electron chi connectivity index (χ1n) is 13.7. The number of rotatable bonds is 10. The van der Waals surface area contributed by atoms with Crippen LogP contribution in [0.4, 0.5) is 0 Å². The predicted octanol–water partition coefficient (Wildman–Crippen LogP) is 6.07. The molecular weight excluding hydrogens is 466 g/mol. The zero-order valence-electron chi connectivity index (χ0n) is 22.1. The van der Waals surface area contributed by atoms with Crippen LogP contribution in [0.5, 0.6) is 0 Å². The van der Waals surface area contributed by atoms with Gasteiger partial charge in [0.25, 0.3) is 0 Å². The molecule has 5 nitrogen and oxygen atoms in total. The Kier molecular flexibility index (Phi) is 8.33. The Hall–Kier alpha value is -3.72. The van der Waals surface area contributed by atoms with Crippen molar-refractivity contribution in [2.75, 3.05) is 26.2 Å². The highest BCUT2D eigenvalue weighted by atomic mass is 15.1. The maximum absolute atomic E-state index is 10.3. The SMILES string of the molecule is CC(NC[C@@H]1CCCN(CC(c2ccccc2)c2ccccc2)C1)(c1cnc[nH]1)C(C#N)c1ccccc1. The molecule has 0 spiro atoms. The van der Waals surface area contributed by atoms with Crippen LogP contribution in [0.3, 0.4) is 0 Å². The second-order valence-corrected chi connectivity index (χ2v) is 10.7. The van der Waals surface area contributed by atoms with E-state index in [1.807, 2.05) is 36.5 Å². The van der Waals surface area contributed by atoms with E-state index in [2.05, 4.69) is 93.8 Å². The van der Waals surface area contributed by atoms with E-state index in [4.69, 9.17) is 0 Å². The average molecular weight is 504 g/mol. The smallest absolute Gasteiger partial charge is 0.0948 e. The molecular formula is C33H37N5. The van der Waals surface area contributed by atoms with Crippen LogP contribution in [0.25, 0.3) is 0 Å². The highest BCUT2D eigenvalue weighted by Crippen LogP contribution is 2.36. The summed E-state index contributed by atoms with van der Waals surface area (Å²) < 4.78 is 0. The molecule has 0 radical (unpaired) electrons. The van der Waals surface area contributed by atoms with Crippen LogP contribution in [-0.4, -0.2) is 41.0 Å². The number of hydrogen-bond donors (Lipinski definition) is 2. The van der Waals surface area contributed by atoms with Gasteiger partial charge in [0.2, 0.25) is 0 Å². The fourth-order valence-electron chi connectivity index (χ4n) is 5.95. The Morgan fingerprint density at radius 3 is 2.13 bits per heavy atom. The maximum atomic E-state index is 10.3. The van der Waals surface area contributed by atoms with E-state index in [-0.39, 0.29) is 5.92 Å². The van der Waals surface area contributed by atoms with E-state index in [1.165, 1.54) is 24.0 Å². The highest BCUT2D eigenvalue weighted by molar-refractivity contribution is 5.34. The number of nitrogens with one attached hydrogen (secondary N) is 2. The first kappa shape index (κ1) is 25.9. The number of benzene rings is 3. The van der Waals surface area contributed by atoms with Crippen molar-refractivity contribution in [3.63, 3.8) is 0 Å². The van der Waals surface area contributed by atoms with Gasteiger partial charge >= 0.3 is 0 Å². The first-order valence-corrected chi connectivity index (χ1v) is 13.7. The van der Waals surface area contributed by atoms with Gasteiger partial charge in [0, 0.05) is 31.7 Å². The minimum absolute atomic E-state index is 0.343. The van der Waals surface area contributed by atoms with Crippen molar-refractivity contribution < 1.29 is 0 Å². The molecule has 3 aromatic carbocycles. The summed E-state index contributed by atoms with van der Waals surface area (Å²) in [6.45, 7) is 6.15. The van der Waals surface area contributed by atoms with Gasteiger partial charge in [-0.15, -0.1) is 0 Å². The van der Waals surface area contributed by atoms with E-state index < -0.39 is 5.54 Å². The molecule has 1 fully saturated rings. The van der Waals surface area contributed by atoms with Crippen molar-refractivity contribution in [1.82, 2.24) is 20.2 Å². The fourth-order valence-corrected chi connectivity index (χ4v) is 5.95. The molecule has 5 rings (SSSR count). The molecule has 1 aliphatic rings. The minimum Gasteiger partial charge on any atom is -0.347 e. The average Bonchev–Trinajstić information content (AvgIpc) is 3.53. The van der Waals surface area contributed by atoms with Crippen molar-refractivity contribution in [1.29, 1.82) is 5.26 Å². The van der Waals surface area contributed by atoms with Gasteiger partial charge in [0.15, 0.2) is 0 Å². The Bertz CT molecular complexity index is 1240. The summed E-state index contributed by atoms with van der Waals surface area (Å²) in [6, 6.07) is 34.4. The number of H-pyrrole nitrogens is 1. The van der Waals surface area contributed by atoms with Gasteiger partial charge < -0.3 is 15.2 Å². The summed E-state index contributed by atoms with van der Waals surface area (Å²) in [5, 5.41) is 14.1. The van der Waals surface area contributed by atoms with Crippen LogP contribution < -0.4 is 5.32 Å². The lowest BCUT2D eigenvalue weighted by Gasteiger charge is -2.39. The molecule has 0 saturated carbocycles. The van der Waals surface area contributed by atoms with Crippen molar-refractivity contribution in [3.8, 4) is 6.07 Å². The third-order valence-electron chi connectivity index (χ3n) is 8.10. The molecule has 0 bridgehead atoms. The van der Waals surface area contributed by atoms with Gasteiger partial charge in [-0.05, 0) is 48.9 Å². The molecule has 5 heteroatoms. The standard InChI is InChI=1S/C33H37N5/c1-33(32-22-35-25-36-32,31(20-34)29-17-9-4-10-18-29)37-21-26-12-11-19-38(23-26)24-30(27-13-5-2-6-14-27)28-15-7-3-8-16-28/h2-10,13-18,22,25-26,30-31,37H,11-12,19,21,23-24H2,1H3,(H,35,36)/t26-,31?,33?/m0/s1. The van der Waals surface area contributed by atoms with Crippen molar-refractivity contribution >= 4 is 0 Å². The van der Waals surface area contributed by atoms with Gasteiger partial charge in [-0.2, -0.15) is 5.26 Å². The monoisotopic (exact) mass is 503 g/mol. The van der Waals surface area contributed by atoms with Crippen LogP contribution in [0.1, 0.15) is 54.0 Å². The summed E-state index contributed by atoms with van der Waals surface area (Å²) in [7, 11) is 0. The van der Waals surface area contributed by atoms with Gasteiger partial charge in [-0.3, -0.25) is 0 Å². The topological polar surface area (TPSA) is 67.7 Å². The van der Waals surface area contributed by atoms with E-state index in [9.17, 15) is 5.26 Å². The molecule has 2 N–H and O–H groups in total. The first-order chi connectivity index (χ1) is 18.7. The summed E-state index contributed by atoms with van der Waals surface area (Å²) in [5.74, 6) is 0.512. The van der Waals surface area contributed by atoms with Crippen LogP contribution in [0.15, 0.2) is 104 Å². The van der Waals surface area contributed by atoms with E-state index in [1.54, 1.807) is 6.33 Å². The number of aromatic nitrogens is 2. The summed E-state index contributed by atoms with van der Waals surface area (Å²) in [4.78, 5) is 10.2. The zero-order chi connectivity index (χ0) is 26.2. The molecule has 4 aromatic rings. The predicted molar refractivity (Wildman–Crippen MR) is 153 cm³/mol. The summed E-state index contributed by atoms with van der Waals surface area (Å²) >= 11 is 0. The minimum atomic E-state index is -0.578. The van der Waals surface area contributed by atoms with Gasteiger partial charge in [0.05, 0.1) is 29.5 Å². The second kappa shape index (κ2) is 12.2. The van der Waals surface area contributed by atoms with Crippen LogP contribution in [0, 0.1) is 17.2 Å². The Labute approximate surface area is 226 Å². The quantitative estimate of drug-likeness (QED) is 0.276. The molecule has 1 saturated heterocycles. The Balaban J connectivity index is 1.31. The number of hydrogen-bond acceptors (Lipinski definition) is 4. The van der Waals surface area contributed by atoms with Crippen LogP contribution in [-0.2, 0) is 5.54 Å². The van der Waals surface area contributed by atoms with Crippen LogP contribution >= 0.6 is 0 Å². The summed E-state index contributed by atoms with van der Waals surface area (Å²) in [5.41, 5.74) is 4.11. The Morgan fingerprint density at radius 1 is 0.974 bits per heavy atom. The molecule has 1 aliphatic heterocycles. The Morgan fingerprint density at radius 2 is 1.58 bits per heavy atom. The third kappa shape index (κ3) is 5.88. The van der Waals surface area contributed by atoms with Gasteiger partial charge in [0.1, 0.15) is 0 Å². The molecule has 1 aromatic heterocycles. The summed E-state index contributed by atoms with van der Waals surface area (Å²) in [6.07, 6.45) is 5.92. The molecule has 0 aliphatic carbocycles. The molecule has 2 unspecified atom stereocenters. The zero-order valence-corrected chi connectivity index (χ0v) is 22.1. The van der Waals surface area contributed by atoms with Crippen molar-refractivity contribution in [2.45, 2.75) is 37.1 Å². The second-order valence-electron chi connectivity index (χ2n) is 10.7. The number of aromatic amines is 1. The molecule has 3 atom stereocenters. The number of nitrogens with zero attached hydrogens (tertiary/aromatic N) is 3. The number of imidazole rings is 1. The molecule has 38 heavy (non-hydrogen) atoms. The normalized spacial score (nSPS) is 18.5. The molecule has 2 heterocycles. The van der Waals surface area contributed by atoms with E-state index in [0.717, 1.165) is 37.4 Å². The van der Waals surface area contributed by atoms with Gasteiger partial charge in [-0.25, -0.2) is 4.98 Å². The number of piperidine rings is 1. The van der Waals surface area contributed by atoms with Crippen LogP contribution in [0.2, 0.25) is 0 Å². The third-order valence-corrected chi connectivity index (χ3v) is 8.10. The lowest BCUT2D eigenvalue weighted by Crippen LogP contribution is -2.49. The highest BCUT2D eigenvalue weighted by Gasteiger charge is 2.39.